The molecule has 4 nitrogen and oxygen atoms in total. The Morgan fingerprint density at radius 3 is 2.71 bits per heavy atom. The summed E-state index contributed by atoms with van der Waals surface area (Å²) in [5, 5.41) is 0. The van der Waals surface area contributed by atoms with E-state index in [1.165, 1.54) is 0 Å². The molecule has 0 fully saturated rings. The number of hydrogen-bond donors (Lipinski definition) is 0. The van der Waals surface area contributed by atoms with Crippen molar-refractivity contribution in [1.82, 2.24) is 9.97 Å². The normalized spacial score (nSPS) is 10.6. The molecule has 0 bridgehead atoms. The van der Waals surface area contributed by atoms with Crippen molar-refractivity contribution >= 4 is 11.1 Å². The van der Waals surface area contributed by atoms with E-state index in [4.69, 9.17) is 9.15 Å². The Labute approximate surface area is 97.9 Å². The van der Waals surface area contributed by atoms with Crippen LogP contribution in [0, 0.1) is 0 Å². The molecule has 0 aliphatic carbocycles. The smallest absolute Gasteiger partial charge is 0.227 e. The van der Waals surface area contributed by atoms with E-state index >= 15 is 0 Å². The van der Waals surface area contributed by atoms with Crippen molar-refractivity contribution in [2.75, 3.05) is 7.11 Å². The summed E-state index contributed by atoms with van der Waals surface area (Å²) >= 11 is 0. The van der Waals surface area contributed by atoms with Crippen molar-refractivity contribution in [2.45, 2.75) is 0 Å². The zero-order valence-corrected chi connectivity index (χ0v) is 9.25. The first-order chi connectivity index (χ1) is 8.36. The maximum Gasteiger partial charge on any atom is 0.227 e. The highest BCUT2D eigenvalue weighted by Gasteiger charge is 2.08. The predicted molar refractivity (Wildman–Crippen MR) is 63.8 cm³/mol. The average molecular weight is 226 g/mol. The quantitative estimate of drug-likeness (QED) is 0.674. The van der Waals surface area contributed by atoms with Crippen LogP contribution in [0.3, 0.4) is 0 Å². The first-order valence-corrected chi connectivity index (χ1v) is 5.22. The predicted octanol–water partition coefficient (Wildman–Crippen LogP) is 2.90. The van der Waals surface area contributed by atoms with Crippen LogP contribution >= 0.6 is 0 Å². The molecular weight excluding hydrogens is 216 g/mol. The van der Waals surface area contributed by atoms with E-state index in [0.717, 1.165) is 22.4 Å². The summed E-state index contributed by atoms with van der Waals surface area (Å²) in [6.45, 7) is 0. The summed E-state index contributed by atoms with van der Waals surface area (Å²) in [6.07, 6.45) is 3.43. The third-order valence-electron chi connectivity index (χ3n) is 2.52. The van der Waals surface area contributed by atoms with Crippen molar-refractivity contribution in [3.63, 3.8) is 0 Å². The van der Waals surface area contributed by atoms with E-state index in [-0.39, 0.29) is 0 Å². The second-order valence-electron chi connectivity index (χ2n) is 3.59. The van der Waals surface area contributed by atoms with Crippen molar-refractivity contribution in [3.05, 3.63) is 42.7 Å². The molecule has 17 heavy (non-hydrogen) atoms. The van der Waals surface area contributed by atoms with Gasteiger partial charge in [-0.2, -0.15) is 0 Å². The van der Waals surface area contributed by atoms with Gasteiger partial charge < -0.3 is 9.15 Å². The topological polar surface area (TPSA) is 48.2 Å². The third kappa shape index (κ3) is 1.73. The Morgan fingerprint density at radius 1 is 1.12 bits per heavy atom. The van der Waals surface area contributed by atoms with Crippen LogP contribution in [-0.4, -0.2) is 17.1 Å². The van der Waals surface area contributed by atoms with Crippen molar-refractivity contribution in [2.24, 2.45) is 0 Å². The fourth-order valence-electron chi connectivity index (χ4n) is 1.65. The molecular formula is C13H10N2O2. The average Bonchev–Trinajstić information content (AvgIpc) is 2.82. The lowest BCUT2D eigenvalue weighted by molar-refractivity contribution is 0.415. The van der Waals surface area contributed by atoms with Gasteiger partial charge in [-0.05, 0) is 24.3 Å². The second-order valence-corrected chi connectivity index (χ2v) is 3.59. The lowest BCUT2D eigenvalue weighted by Crippen LogP contribution is -1.81. The molecule has 0 aliphatic rings. The Bertz CT molecular complexity index is 647. The monoisotopic (exact) mass is 226 g/mol. The number of fused-ring (bicyclic) bond motifs is 1. The fraction of sp³-hybridized carbons (Fsp3) is 0.0769. The number of oxazole rings is 1. The van der Waals surface area contributed by atoms with Gasteiger partial charge in [0.2, 0.25) is 5.89 Å². The molecule has 84 valence electrons. The molecule has 0 atom stereocenters. The van der Waals surface area contributed by atoms with E-state index in [1.807, 2.05) is 30.3 Å². The molecule has 0 aliphatic heterocycles. The number of hydrogen-bond acceptors (Lipinski definition) is 4. The highest BCUT2D eigenvalue weighted by Crippen LogP contribution is 2.26. The van der Waals surface area contributed by atoms with Crippen LogP contribution in [0.4, 0.5) is 0 Å². The Balaban J connectivity index is 2.14. The van der Waals surface area contributed by atoms with Gasteiger partial charge in [-0.15, -0.1) is 0 Å². The van der Waals surface area contributed by atoms with Gasteiger partial charge >= 0.3 is 0 Å². The van der Waals surface area contributed by atoms with E-state index in [2.05, 4.69) is 9.97 Å². The van der Waals surface area contributed by atoms with Crippen LogP contribution in [0.15, 0.2) is 47.1 Å². The number of ether oxygens (including phenoxy) is 1. The van der Waals surface area contributed by atoms with Gasteiger partial charge in [0, 0.05) is 24.0 Å². The zero-order chi connectivity index (χ0) is 11.7. The zero-order valence-electron chi connectivity index (χ0n) is 9.25. The molecule has 2 aromatic heterocycles. The second kappa shape index (κ2) is 3.90. The van der Waals surface area contributed by atoms with Gasteiger partial charge in [-0.3, -0.25) is 4.98 Å². The van der Waals surface area contributed by atoms with Crippen molar-refractivity contribution < 1.29 is 9.15 Å². The van der Waals surface area contributed by atoms with Gasteiger partial charge in [-0.1, -0.05) is 0 Å². The van der Waals surface area contributed by atoms with Crippen molar-refractivity contribution in [3.8, 4) is 17.2 Å². The van der Waals surface area contributed by atoms with Crippen molar-refractivity contribution in [1.29, 1.82) is 0 Å². The first kappa shape index (κ1) is 9.84. The molecule has 0 radical (unpaired) electrons. The number of methoxy groups -OCH3 is 1. The van der Waals surface area contributed by atoms with Crippen LogP contribution < -0.4 is 4.74 Å². The fourth-order valence-corrected chi connectivity index (χ4v) is 1.65. The van der Waals surface area contributed by atoms with Crippen LogP contribution in [0.25, 0.3) is 22.6 Å². The van der Waals surface area contributed by atoms with E-state index in [0.29, 0.717) is 5.89 Å². The number of nitrogens with zero attached hydrogens (tertiary/aromatic N) is 2. The molecule has 4 heteroatoms. The highest BCUT2D eigenvalue weighted by atomic mass is 16.5. The number of rotatable bonds is 2. The molecule has 0 unspecified atom stereocenters. The van der Waals surface area contributed by atoms with Crippen LogP contribution in [-0.2, 0) is 0 Å². The van der Waals surface area contributed by atoms with Crippen LogP contribution in [0.5, 0.6) is 5.75 Å². The summed E-state index contributed by atoms with van der Waals surface area (Å²) < 4.78 is 10.8. The summed E-state index contributed by atoms with van der Waals surface area (Å²) in [7, 11) is 1.63. The number of pyridine rings is 1. The molecule has 0 spiro atoms. The summed E-state index contributed by atoms with van der Waals surface area (Å²) in [5.41, 5.74) is 2.45. The number of aromatic nitrogens is 2. The van der Waals surface area contributed by atoms with E-state index in [1.54, 1.807) is 19.5 Å². The SMILES string of the molecule is COc1ccc2oc(-c3ccncc3)nc2c1. The molecule has 3 rings (SSSR count). The number of benzene rings is 1. The van der Waals surface area contributed by atoms with Gasteiger partial charge in [-0.25, -0.2) is 4.98 Å². The van der Waals surface area contributed by atoms with E-state index in [9.17, 15) is 0 Å². The standard InChI is InChI=1S/C13H10N2O2/c1-16-10-2-3-12-11(8-10)15-13(17-12)9-4-6-14-7-5-9/h2-8H,1H3. The summed E-state index contributed by atoms with van der Waals surface area (Å²) in [4.78, 5) is 8.38. The Morgan fingerprint density at radius 2 is 1.94 bits per heavy atom. The minimum atomic E-state index is 0.593. The third-order valence-corrected chi connectivity index (χ3v) is 2.52. The van der Waals surface area contributed by atoms with E-state index < -0.39 is 0 Å². The first-order valence-electron chi connectivity index (χ1n) is 5.22. The van der Waals surface area contributed by atoms with Crippen LogP contribution in [0.1, 0.15) is 0 Å². The van der Waals surface area contributed by atoms with Gasteiger partial charge in [0.1, 0.15) is 11.3 Å². The van der Waals surface area contributed by atoms with Gasteiger partial charge in [0.15, 0.2) is 5.58 Å². The maximum absolute atomic E-state index is 5.66. The Hall–Kier alpha value is -2.36. The molecule has 0 N–H and O–H groups in total. The Kier molecular flexibility index (Phi) is 2.26. The minimum absolute atomic E-state index is 0.593. The molecule has 0 amide bonds. The molecule has 1 aromatic carbocycles. The van der Waals surface area contributed by atoms with Crippen LogP contribution in [0.2, 0.25) is 0 Å². The van der Waals surface area contributed by atoms with Gasteiger partial charge in [0.05, 0.1) is 7.11 Å². The highest BCUT2D eigenvalue weighted by molar-refractivity contribution is 5.77. The summed E-state index contributed by atoms with van der Waals surface area (Å²) in [5.74, 6) is 1.36. The minimum Gasteiger partial charge on any atom is -0.497 e. The molecule has 0 saturated heterocycles. The molecule has 2 heterocycles. The summed E-state index contributed by atoms with van der Waals surface area (Å²) in [6, 6.07) is 9.28. The lowest BCUT2D eigenvalue weighted by Gasteiger charge is -1.95. The maximum atomic E-state index is 5.66. The molecule has 3 aromatic rings. The molecule has 0 saturated carbocycles. The van der Waals surface area contributed by atoms with Gasteiger partial charge in [0.25, 0.3) is 0 Å². The largest absolute Gasteiger partial charge is 0.497 e. The lowest BCUT2D eigenvalue weighted by atomic mass is 10.3.